The third kappa shape index (κ3) is 4.75. The quantitative estimate of drug-likeness (QED) is 0.538. The molecule has 3 nitrogen and oxygen atoms in total. The maximum absolute atomic E-state index is 5.63. The van der Waals surface area contributed by atoms with E-state index in [0.717, 1.165) is 25.2 Å². The zero-order chi connectivity index (χ0) is 12.5. The topological polar surface area (TPSA) is 47.3 Å². The highest BCUT2D eigenvalue weighted by Gasteiger charge is 2.09. The number of rotatable bonds is 8. The first kappa shape index (κ1) is 14.0. The molecule has 1 atom stereocenters. The molecule has 0 amide bonds. The molecular weight excluding hydrogens is 212 g/mol. The van der Waals surface area contributed by atoms with Gasteiger partial charge in [-0.25, -0.2) is 0 Å². The normalized spacial score (nSPS) is 12.4. The Morgan fingerprint density at radius 3 is 2.76 bits per heavy atom. The highest BCUT2D eigenvalue weighted by Crippen LogP contribution is 2.22. The van der Waals surface area contributed by atoms with Crippen molar-refractivity contribution in [2.24, 2.45) is 5.84 Å². The zero-order valence-corrected chi connectivity index (χ0v) is 10.9. The van der Waals surface area contributed by atoms with Gasteiger partial charge in [0, 0.05) is 6.04 Å². The standard InChI is InChI=1S/C14H24N2O/c1-3-5-9-14(16-15)12-7-6-8-13(11-12)17-10-4-2/h6-8,11,14,16H,3-5,9-10,15H2,1-2H3. The Balaban J connectivity index is 2.66. The van der Waals surface area contributed by atoms with Gasteiger partial charge in [-0.1, -0.05) is 38.8 Å². The van der Waals surface area contributed by atoms with Crippen molar-refractivity contribution in [2.45, 2.75) is 45.6 Å². The van der Waals surface area contributed by atoms with Gasteiger partial charge in [0.1, 0.15) is 5.75 Å². The van der Waals surface area contributed by atoms with Gasteiger partial charge in [0.15, 0.2) is 0 Å². The lowest BCUT2D eigenvalue weighted by Gasteiger charge is -2.17. The first-order valence-corrected chi connectivity index (χ1v) is 6.50. The smallest absolute Gasteiger partial charge is 0.119 e. The molecule has 0 heterocycles. The van der Waals surface area contributed by atoms with E-state index in [1.807, 2.05) is 12.1 Å². The Bertz CT molecular complexity index is 315. The van der Waals surface area contributed by atoms with Crippen molar-refractivity contribution in [3.63, 3.8) is 0 Å². The fourth-order valence-electron chi connectivity index (χ4n) is 1.80. The minimum Gasteiger partial charge on any atom is -0.494 e. The van der Waals surface area contributed by atoms with E-state index in [1.54, 1.807) is 0 Å². The monoisotopic (exact) mass is 236 g/mol. The minimum atomic E-state index is 0.222. The van der Waals surface area contributed by atoms with Crippen molar-refractivity contribution in [1.29, 1.82) is 0 Å². The van der Waals surface area contributed by atoms with Crippen LogP contribution in [0.15, 0.2) is 24.3 Å². The lowest BCUT2D eigenvalue weighted by Crippen LogP contribution is -2.27. The van der Waals surface area contributed by atoms with E-state index in [-0.39, 0.29) is 6.04 Å². The van der Waals surface area contributed by atoms with E-state index in [2.05, 4.69) is 31.4 Å². The van der Waals surface area contributed by atoms with Gasteiger partial charge in [0.25, 0.3) is 0 Å². The molecule has 0 bridgehead atoms. The van der Waals surface area contributed by atoms with Crippen LogP contribution in [0.5, 0.6) is 5.75 Å². The first-order valence-electron chi connectivity index (χ1n) is 6.50. The molecule has 0 radical (unpaired) electrons. The molecule has 3 N–H and O–H groups in total. The molecule has 0 saturated heterocycles. The van der Waals surface area contributed by atoms with Crippen LogP contribution < -0.4 is 16.0 Å². The maximum Gasteiger partial charge on any atom is 0.119 e. The van der Waals surface area contributed by atoms with Crippen molar-refractivity contribution in [1.82, 2.24) is 5.43 Å². The van der Waals surface area contributed by atoms with Gasteiger partial charge in [0.05, 0.1) is 6.61 Å². The predicted octanol–water partition coefficient (Wildman–Crippen LogP) is 3.17. The van der Waals surface area contributed by atoms with Gasteiger partial charge in [0.2, 0.25) is 0 Å². The molecular formula is C14H24N2O. The summed E-state index contributed by atoms with van der Waals surface area (Å²) >= 11 is 0. The Morgan fingerprint density at radius 2 is 2.12 bits per heavy atom. The predicted molar refractivity (Wildman–Crippen MR) is 71.8 cm³/mol. The molecule has 0 aliphatic heterocycles. The molecule has 0 fully saturated rings. The summed E-state index contributed by atoms with van der Waals surface area (Å²) in [7, 11) is 0. The number of benzene rings is 1. The second-order valence-electron chi connectivity index (χ2n) is 4.28. The molecule has 96 valence electrons. The summed E-state index contributed by atoms with van der Waals surface area (Å²) in [4.78, 5) is 0. The molecule has 0 saturated carbocycles. The van der Waals surface area contributed by atoms with Crippen molar-refractivity contribution >= 4 is 0 Å². The lowest BCUT2D eigenvalue weighted by atomic mass is 10.0. The molecule has 1 rings (SSSR count). The van der Waals surface area contributed by atoms with Crippen LogP contribution in [-0.2, 0) is 0 Å². The number of nitrogens with two attached hydrogens (primary N) is 1. The Morgan fingerprint density at radius 1 is 1.29 bits per heavy atom. The van der Waals surface area contributed by atoms with Gasteiger partial charge in [-0.05, 0) is 30.5 Å². The number of hydrogen-bond donors (Lipinski definition) is 2. The fraction of sp³-hybridized carbons (Fsp3) is 0.571. The second-order valence-corrected chi connectivity index (χ2v) is 4.28. The van der Waals surface area contributed by atoms with Gasteiger partial charge < -0.3 is 4.74 Å². The van der Waals surface area contributed by atoms with Crippen LogP contribution in [0.4, 0.5) is 0 Å². The third-order valence-corrected chi connectivity index (χ3v) is 2.78. The van der Waals surface area contributed by atoms with Crippen LogP contribution in [0.25, 0.3) is 0 Å². The van der Waals surface area contributed by atoms with E-state index >= 15 is 0 Å². The van der Waals surface area contributed by atoms with Gasteiger partial charge in [-0.2, -0.15) is 0 Å². The van der Waals surface area contributed by atoms with Crippen LogP contribution in [0, 0.1) is 0 Å². The second kappa shape index (κ2) is 8.09. The van der Waals surface area contributed by atoms with Gasteiger partial charge in [-0.3, -0.25) is 11.3 Å². The SMILES string of the molecule is CCCCC(NN)c1cccc(OCCC)c1. The maximum atomic E-state index is 5.63. The van der Waals surface area contributed by atoms with Crippen LogP contribution in [0.3, 0.4) is 0 Å². The molecule has 0 spiro atoms. The Hall–Kier alpha value is -1.06. The molecule has 0 aliphatic rings. The molecule has 17 heavy (non-hydrogen) atoms. The summed E-state index contributed by atoms with van der Waals surface area (Å²) < 4.78 is 5.63. The first-order chi connectivity index (χ1) is 8.31. The van der Waals surface area contributed by atoms with E-state index in [9.17, 15) is 0 Å². The molecule has 0 aliphatic carbocycles. The summed E-state index contributed by atoms with van der Waals surface area (Å²) in [6.45, 7) is 5.06. The van der Waals surface area contributed by atoms with Crippen molar-refractivity contribution in [2.75, 3.05) is 6.61 Å². The number of hydrazine groups is 1. The summed E-state index contributed by atoms with van der Waals surface area (Å²) in [5.41, 5.74) is 4.08. The lowest BCUT2D eigenvalue weighted by molar-refractivity contribution is 0.316. The summed E-state index contributed by atoms with van der Waals surface area (Å²) in [5.74, 6) is 6.54. The van der Waals surface area contributed by atoms with Crippen molar-refractivity contribution < 1.29 is 4.74 Å². The zero-order valence-electron chi connectivity index (χ0n) is 10.9. The van der Waals surface area contributed by atoms with Crippen molar-refractivity contribution in [3.8, 4) is 5.75 Å². The van der Waals surface area contributed by atoms with Crippen LogP contribution >= 0.6 is 0 Å². The summed E-state index contributed by atoms with van der Waals surface area (Å²) in [6, 6.07) is 8.41. The average molecular weight is 236 g/mol. The Kier molecular flexibility index (Phi) is 6.67. The van der Waals surface area contributed by atoms with Crippen LogP contribution in [-0.4, -0.2) is 6.61 Å². The highest BCUT2D eigenvalue weighted by atomic mass is 16.5. The van der Waals surface area contributed by atoms with Crippen LogP contribution in [0.2, 0.25) is 0 Å². The fourth-order valence-corrected chi connectivity index (χ4v) is 1.80. The largest absolute Gasteiger partial charge is 0.494 e. The summed E-state index contributed by atoms with van der Waals surface area (Å²) in [5, 5.41) is 0. The van der Waals surface area contributed by atoms with E-state index in [1.165, 1.54) is 18.4 Å². The van der Waals surface area contributed by atoms with Gasteiger partial charge in [-0.15, -0.1) is 0 Å². The highest BCUT2D eigenvalue weighted by molar-refractivity contribution is 5.30. The van der Waals surface area contributed by atoms with E-state index in [0.29, 0.717) is 0 Å². The summed E-state index contributed by atoms with van der Waals surface area (Å²) in [6.07, 6.45) is 4.45. The molecule has 1 aromatic rings. The number of hydrogen-bond acceptors (Lipinski definition) is 3. The molecule has 0 aromatic heterocycles. The molecule has 3 heteroatoms. The number of unbranched alkanes of at least 4 members (excludes halogenated alkanes) is 1. The Labute approximate surface area is 104 Å². The van der Waals surface area contributed by atoms with E-state index < -0.39 is 0 Å². The number of nitrogens with one attached hydrogen (secondary N) is 1. The molecule has 1 aromatic carbocycles. The number of ether oxygens (including phenoxy) is 1. The van der Waals surface area contributed by atoms with E-state index in [4.69, 9.17) is 10.6 Å². The molecule has 1 unspecified atom stereocenters. The van der Waals surface area contributed by atoms with Crippen LogP contribution in [0.1, 0.15) is 51.1 Å². The average Bonchev–Trinajstić information content (AvgIpc) is 2.38. The van der Waals surface area contributed by atoms with Gasteiger partial charge >= 0.3 is 0 Å². The van der Waals surface area contributed by atoms with Crippen molar-refractivity contribution in [3.05, 3.63) is 29.8 Å². The minimum absolute atomic E-state index is 0.222. The third-order valence-electron chi connectivity index (χ3n) is 2.78.